The molecule has 2 nitrogen and oxygen atoms in total. The summed E-state index contributed by atoms with van der Waals surface area (Å²) >= 11 is 5.26. The predicted octanol–water partition coefficient (Wildman–Crippen LogP) is 1.59. The van der Waals surface area contributed by atoms with Gasteiger partial charge in [0.1, 0.15) is 0 Å². The summed E-state index contributed by atoms with van der Waals surface area (Å²) in [6.07, 6.45) is 2.80. The van der Waals surface area contributed by atoms with Crippen LogP contribution in [0.2, 0.25) is 0 Å². The molecule has 0 aromatic heterocycles. The Bertz CT molecular complexity index is 434. The van der Waals surface area contributed by atoms with E-state index in [1.807, 2.05) is 0 Å². The molecule has 7 aliphatic carbocycles. The molecule has 4 atom stereocenters. The summed E-state index contributed by atoms with van der Waals surface area (Å²) in [6, 6.07) is 0. The van der Waals surface area contributed by atoms with Crippen LogP contribution in [0.5, 0.6) is 0 Å². The Morgan fingerprint density at radius 1 is 0.812 bits per heavy atom. The minimum Gasteiger partial charge on any atom is -0.445 e. The predicted molar refractivity (Wildman–Crippen MR) is 57.4 cm³/mol. The van der Waals surface area contributed by atoms with Crippen molar-refractivity contribution in [2.45, 2.75) is 24.0 Å². The van der Waals surface area contributed by atoms with Gasteiger partial charge in [0.2, 0.25) is 0 Å². The molecule has 4 unspecified atom stereocenters. The lowest BCUT2D eigenvalue weighted by Gasteiger charge is -2.44. The Balaban J connectivity index is 1.72. The summed E-state index contributed by atoms with van der Waals surface area (Å²) in [4.78, 5) is 0. The fraction of sp³-hybridized carbons (Fsp3) is 0.923. The maximum absolute atomic E-state index is 6.20. The van der Waals surface area contributed by atoms with E-state index < -0.39 is 0 Å². The summed E-state index contributed by atoms with van der Waals surface area (Å²) < 4.78 is 12.4. The fourth-order valence-electron chi connectivity index (χ4n) is 8.51. The van der Waals surface area contributed by atoms with Crippen molar-refractivity contribution in [2.75, 3.05) is 0 Å². The van der Waals surface area contributed by atoms with Gasteiger partial charge in [-0.25, -0.2) is 0 Å². The first kappa shape index (κ1) is 7.20. The monoisotopic (exact) mass is 232 g/mol. The Morgan fingerprint density at radius 2 is 1.19 bits per heavy atom. The molecule has 0 aromatic carbocycles. The molecule has 0 amide bonds. The van der Waals surface area contributed by atoms with Crippen LogP contribution in [-0.4, -0.2) is 16.4 Å². The second-order valence-electron chi connectivity index (χ2n) is 7.25. The molecule has 2 spiro atoms. The highest BCUT2D eigenvalue weighted by molar-refractivity contribution is 7.79. The number of ether oxygens (including phenoxy) is 2. The van der Waals surface area contributed by atoms with Crippen LogP contribution in [0, 0.1) is 47.3 Å². The zero-order valence-electron chi connectivity index (χ0n) is 8.76. The zero-order valence-corrected chi connectivity index (χ0v) is 9.57. The average molecular weight is 232 g/mol. The van der Waals surface area contributed by atoms with Crippen molar-refractivity contribution in [1.29, 1.82) is 0 Å². The Morgan fingerprint density at radius 3 is 1.56 bits per heavy atom. The van der Waals surface area contributed by atoms with Gasteiger partial charge in [0, 0.05) is 35.9 Å². The average Bonchev–Trinajstić information content (AvgIpc) is 2.84. The summed E-state index contributed by atoms with van der Waals surface area (Å²) in [5, 5.41) is 0.493. The van der Waals surface area contributed by atoms with Crippen molar-refractivity contribution < 1.29 is 9.47 Å². The molecule has 1 heterocycles. The van der Waals surface area contributed by atoms with Gasteiger partial charge in [0.25, 0.3) is 0 Å². The second-order valence-corrected chi connectivity index (χ2v) is 7.58. The quantitative estimate of drug-likeness (QED) is 0.591. The summed E-state index contributed by atoms with van der Waals surface area (Å²) in [5.74, 6) is 7.36. The van der Waals surface area contributed by atoms with Crippen LogP contribution in [0.4, 0.5) is 0 Å². The second kappa shape index (κ2) is 1.51. The van der Waals surface area contributed by atoms with Crippen LogP contribution < -0.4 is 0 Å². The van der Waals surface area contributed by atoms with E-state index in [9.17, 15) is 0 Å². The van der Waals surface area contributed by atoms with Gasteiger partial charge in [0.05, 0.1) is 0 Å². The third-order valence-electron chi connectivity index (χ3n) is 7.97. The Labute approximate surface area is 98.7 Å². The number of rotatable bonds is 0. The topological polar surface area (TPSA) is 18.5 Å². The summed E-state index contributed by atoms with van der Waals surface area (Å²) in [7, 11) is 0. The first-order chi connectivity index (χ1) is 7.81. The Hall–Kier alpha value is -0.310. The van der Waals surface area contributed by atoms with E-state index in [1.165, 1.54) is 12.8 Å². The van der Waals surface area contributed by atoms with E-state index in [0.717, 1.165) is 47.3 Å². The van der Waals surface area contributed by atoms with Gasteiger partial charge in [-0.05, 0) is 36.5 Å². The molecule has 7 saturated carbocycles. The molecule has 8 aliphatic rings. The van der Waals surface area contributed by atoms with Crippen LogP contribution in [0.1, 0.15) is 12.8 Å². The summed E-state index contributed by atoms with van der Waals surface area (Å²) in [5.41, 5.74) is 0.191. The van der Waals surface area contributed by atoms with Crippen molar-refractivity contribution in [1.82, 2.24) is 0 Å². The molecular weight excluding hydrogens is 220 g/mol. The van der Waals surface area contributed by atoms with Crippen molar-refractivity contribution in [2.24, 2.45) is 47.3 Å². The van der Waals surface area contributed by atoms with E-state index in [0.29, 0.717) is 5.24 Å². The zero-order chi connectivity index (χ0) is 10.0. The van der Waals surface area contributed by atoms with Gasteiger partial charge in [-0.2, -0.15) is 0 Å². The lowest BCUT2D eigenvalue weighted by atomic mass is 9.60. The van der Waals surface area contributed by atoms with E-state index in [-0.39, 0.29) is 11.2 Å². The maximum atomic E-state index is 6.20. The van der Waals surface area contributed by atoms with Crippen molar-refractivity contribution >= 4 is 17.5 Å². The summed E-state index contributed by atoms with van der Waals surface area (Å²) in [6.45, 7) is 0. The molecule has 1 saturated heterocycles. The lowest BCUT2D eigenvalue weighted by molar-refractivity contribution is -0.0757. The number of thiocarbonyl (C=S) groups is 1. The molecule has 16 heavy (non-hydrogen) atoms. The molecule has 1 aliphatic heterocycles. The van der Waals surface area contributed by atoms with Crippen LogP contribution in [0.3, 0.4) is 0 Å². The van der Waals surface area contributed by atoms with E-state index in [4.69, 9.17) is 21.7 Å². The third-order valence-corrected chi connectivity index (χ3v) is 8.14. The van der Waals surface area contributed by atoms with Gasteiger partial charge >= 0.3 is 5.24 Å². The lowest BCUT2D eigenvalue weighted by Crippen LogP contribution is -2.54. The molecule has 8 fully saturated rings. The highest BCUT2D eigenvalue weighted by Crippen LogP contribution is 2.95. The molecule has 0 radical (unpaired) electrons. The third kappa shape index (κ3) is 0.322. The van der Waals surface area contributed by atoms with E-state index in [2.05, 4.69) is 0 Å². The van der Waals surface area contributed by atoms with E-state index in [1.54, 1.807) is 0 Å². The minimum absolute atomic E-state index is 0.0955. The van der Waals surface area contributed by atoms with Gasteiger partial charge in [-0.15, -0.1) is 0 Å². The molecule has 4 bridgehead atoms. The highest BCUT2D eigenvalue weighted by Gasteiger charge is 3.01. The van der Waals surface area contributed by atoms with Crippen LogP contribution in [0.25, 0.3) is 0 Å². The van der Waals surface area contributed by atoms with Gasteiger partial charge in [-0.3, -0.25) is 0 Å². The standard InChI is InChI=1S/C13H12O2S/c16-11-14-12-3-1-4-8-7(3)9-5(12)2-6(10(8)9)13(4,12)15-11/h3-10H,1-2H2. The van der Waals surface area contributed by atoms with Crippen molar-refractivity contribution in [3.63, 3.8) is 0 Å². The number of hydrogen-bond donors (Lipinski definition) is 0. The van der Waals surface area contributed by atoms with Crippen LogP contribution >= 0.6 is 12.2 Å². The molecular formula is C13H12O2S. The molecule has 82 valence electrons. The van der Waals surface area contributed by atoms with Gasteiger partial charge in [0.15, 0.2) is 11.2 Å². The van der Waals surface area contributed by atoms with Gasteiger partial charge < -0.3 is 9.47 Å². The van der Waals surface area contributed by atoms with Crippen molar-refractivity contribution in [3.05, 3.63) is 0 Å². The normalized spacial score (nSPS) is 85.4. The van der Waals surface area contributed by atoms with Crippen molar-refractivity contribution in [3.8, 4) is 0 Å². The maximum Gasteiger partial charge on any atom is 0.353 e. The molecule has 3 heteroatoms. The highest BCUT2D eigenvalue weighted by atomic mass is 32.1. The minimum atomic E-state index is 0.0955. The number of hydrogen-bond acceptors (Lipinski definition) is 3. The van der Waals surface area contributed by atoms with Crippen LogP contribution in [-0.2, 0) is 9.47 Å². The van der Waals surface area contributed by atoms with Gasteiger partial charge in [-0.1, -0.05) is 0 Å². The SMILES string of the molecule is S=C1OC23C4CC5C6C4C4C6C(CC42)C53O1. The first-order valence-electron chi connectivity index (χ1n) is 6.72. The fourth-order valence-corrected chi connectivity index (χ4v) is 8.79. The Kier molecular flexibility index (Phi) is 0.680. The largest absolute Gasteiger partial charge is 0.445 e. The van der Waals surface area contributed by atoms with Crippen LogP contribution in [0.15, 0.2) is 0 Å². The smallest absolute Gasteiger partial charge is 0.353 e. The molecule has 0 aromatic rings. The first-order valence-corrected chi connectivity index (χ1v) is 7.13. The molecule has 8 rings (SSSR count). The van der Waals surface area contributed by atoms with E-state index >= 15 is 0 Å². The molecule has 0 N–H and O–H groups in total.